The summed E-state index contributed by atoms with van der Waals surface area (Å²) in [5.74, 6) is -0.508. The van der Waals surface area contributed by atoms with Crippen LogP contribution < -0.4 is 0 Å². The lowest BCUT2D eigenvalue weighted by Gasteiger charge is -2.18. The van der Waals surface area contributed by atoms with Crippen molar-refractivity contribution >= 4 is 21.8 Å². The van der Waals surface area contributed by atoms with E-state index in [2.05, 4.69) is 15.9 Å². The number of aromatic hydroxyl groups is 1. The fourth-order valence-corrected chi connectivity index (χ4v) is 2.20. The normalized spacial score (nSPS) is 10.3. The molecule has 1 N–H and O–H groups in total. The van der Waals surface area contributed by atoms with E-state index in [1.807, 2.05) is 0 Å². The molecule has 0 saturated heterocycles. The average molecular weight is 338 g/mol. The van der Waals surface area contributed by atoms with Crippen LogP contribution >= 0.6 is 15.9 Å². The van der Waals surface area contributed by atoms with Crippen LogP contribution in [-0.2, 0) is 6.54 Å². The predicted molar refractivity (Wildman–Crippen MR) is 78.0 cm³/mol. The van der Waals surface area contributed by atoms with Crippen LogP contribution in [0.3, 0.4) is 0 Å². The fourth-order valence-electron chi connectivity index (χ4n) is 1.82. The first-order valence-corrected chi connectivity index (χ1v) is 6.75. The van der Waals surface area contributed by atoms with Crippen LogP contribution in [0.5, 0.6) is 5.75 Å². The lowest BCUT2D eigenvalue weighted by molar-refractivity contribution is 0.0784. The Kier molecular flexibility index (Phi) is 4.39. The molecule has 2 aromatic rings. The molecule has 0 aliphatic heterocycles. The maximum Gasteiger partial charge on any atom is 0.253 e. The summed E-state index contributed by atoms with van der Waals surface area (Å²) in [5.41, 5.74) is 1.04. The number of hydrogen-bond acceptors (Lipinski definition) is 2. The van der Waals surface area contributed by atoms with Crippen molar-refractivity contribution in [1.82, 2.24) is 4.90 Å². The number of rotatable bonds is 3. The Bertz CT molecular complexity index is 646. The van der Waals surface area contributed by atoms with E-state index in [0.717, 1.165) is 0 Å². The minimum atomic E-state index is -0.412. The molecule has 5 heteroatoms. The predicted octanol–water partition coefficient (Wildman–Crippen LogP) is 3.57. The Morgan fingerprint density at radius 2 is 2.00 bits per heavy atom. The number of nitrogens with zero attached hydrogens (tertiary/aromatic N) is 1. The van der Waals surface area contributed by atoms with Crippen molar-refractivity contribution in [3.05, 3.63) is 63.9 Å². The van der Waals surface area contributed by atoms with Crippen molar-refractivity contribution in [3.8, 4) is 5.75 Å². The van der Waals surface area contributed by atoms with Crippen LogP contribution in [0.2, 0.25) is 0 Å². The Hall–Kier alpha value is -1.88. The second-order valence-corrected chi connectivity index (χ2v) is 5.27. The van der Waals surface area contributed by atoms with Gasteiger partial charge in [0.1, 0.15) is 11.6 Å². The molecule has 0 spiro atoms. The maximum absolute atomic E-state index is 13.2. The minimum Gasteiger partial charge on any atom is -0.508 e. The van der Waals surface area contributed by atoms with Crippen LogP contribution in [0.4, 0.5) is 4.39 Å². The first kappa shape index (κ1) is 14.5. The quantitative estimate of drug-likeness (QED) is 0.930. The Morgan fingerprint density at radius 1 is 1.30 bits per heavy atom. The molecule has 0 bridgehead atoms. The van der Waals surface area contributed by atoms with Crippen LogP contribution in [0.25, 0.3) is 0 Å². The summed E-state index contributed by atoms with van der Waals surface area (Å²) in [6.07, 6.45) is 0. The summed E-state index contributed by atoms with van der Waals surface area (Å²) in [7, 11) is 1.63. The second kappa shape index (κ2) is 6.05. The lowest BCUT2D eigenvalue weighted by Crippen LogP contribution is -2.26. The van der Waals surface area contributed by atoms with Crippen molar-refractivity contribution in [3.63, 3.8) is 0 Å². The zero-order valence-electron chi connectivity index (χ0n) is 10.8. The number of carbonyl (C=O) groups is 1. The topological polar surface area (TPSA) is 40.5 Å². The van der Waals surface area contributed by atoms with Crippen LogP contribution in [0.15, 0.2) is 46.9 Å². The van der Waals surface area contributed by atoms with Gasteiger partial charge in [0.2, 0.25) is 0 Å². The molecular weight excluding hydrogens is 325 g/mol. The summed E-state index contributed by atoms with van der Waals surface area (Å²) >= 11 is 3.06. The van der Waals surface area contributed by atoms with E-state index in [0.29, 0.717) is 11.1 Å². The third-order valence-corrected chi connectivity index (χ3v) is 3.52. The molecule has 0 aromatic heterocycles. The van der Waals surface area contributed by atoms with Gasteiger partial charge in [-0.2, -0.15) is 0 Å². The number of halogens is 2. The number of phenolic OH excluding ortho intramolecular Hbond substituents is 1. The number of benzene rings is 2. The first-order valence-electron chi connectivity index (χ1n) is 5.96. The molecule has 1 amide bonds. The molecular formula is C15H13BrFNO2. The Labute approximate surface area is 124 Å². The number of hydrogen-bond donors (Lipinski definition) is 1. The van der Waals surface area contributed by atoms with E-state index in [1.54, 1.807) is 31.3 Å². The van der Waals surface area contributed by atoms with Crippen molar-refractivity contribution in [2.75, 3.05) is 7.05 Å². The molecule has 104 valence electrons. The third-order valence-electron chi connectivity index (χ3n) is 2.91. The molecule has 20 heavy (non-hydrogen) atoms. The maximum atomic E-state index is 13.2. The van der Waals surface area contributed by atoms with Gasteiger partial charge in [-0.25, -0.2) is 4.39 Å². The number of carbonyl (C=O) groups excluding carboxylic acids is 1. The second-order valence-electron chi connectivity index (χ2n) is 4.42. The highest BCUT2D eigenvalue weighted by molar-refractivity contribution is 9.10. The molecule has 0 heterocycles. The van der Waals surface area contributed by atoms with E-state index >= 15 is 0 Å². The molecule has 3 nitrogen and oxygen atoms in total. The van der Waals surface area contributed by atoms with Gasteiger partial charge in [0.25, 0.3) is 5.91 Å². The Balaban J connectivity index is 2.16. The fraction of sp³-hybridized carbons (Fsp3) is 0.133. The molecule has 0 radical (unpaired) electrons. The van der Waals surface area contributed by atoms with E-state index in [-0.39, 0.29) is 22.7 Å². The summed E-state index contributed by atoms with van der Waals surface area (Å²) < 4.78 is 13.4. The summed E-state index contributed by atoms with van der Waals surface area (Å²) in [5, 5.41) is 9.70. The lowest BCUT2D eigenvalue weighted by atomic mass is 10.1. The van der Waals surface area contributed by atoms with E-state index in [4.69, 9.17) is 0 Å². The van der Waals surface area contributed by atoms with Gasteiger partial charge in [0, 0.05) is 24.7 Å². The molecule has 0 aliphatic carbocycles. The molecule has 0 atom stereocenters. The van der Waals surface area contributed by atoms with Gasteiger partial charge >= 0.3 is 0 Å². The van der Waals surface area contributed by atoms with E-state index in [1.165, 1.54) is 23.1 Å². The molecule has 0 saturated carbocycles. The van der Waals surface area contributed by atoms with E-state index in [9.17, 15) is 14.3 Å². The number of amides is 1. The van der Waals surface area contributed by atoms with Gasteiger partial charge in [0.05, 0.1) is 4.47 Å². The summed E-state index contributed by atoms with van der Waals surface area (Å²) in [6, 6.07) is 11.0. The monoisotopic (exact) mass is 337 g/mol. The minimum absolute atomic E-state index is 0.146. The molecule has 0 aliphatic rings. The summed E-state index contributed by atoms with van der Waals surface area (Å²) in [6.45, 7) is 0.278. The van der Waals surface area contributed by atoms with Gasteiger partial charge in [-0.3, -0.25) is 4.79 Å². The largest absolute Gasteiger partial charge is 0.508 e. The van der Waals surface area contributed by atoms with Crippen molar-refractivity contribution in [1.29, 1.82) is 0 Å². The number of phenols is 1. The zero-order valence-corrected chi connectivity index (χ0v) is 12.4. The van der Waals surface area contributed by atoms with Crippen LogP contribution in [0.1, 0.15) is 15.9 Å². The highest BCUT2D eigenvalue weighted by Gasteiger charge is 2.14. The average Bonchev–Trinajstić information content (AvgIpc) is 2.43. The van der Waals surface area contributed by atoms with Crippen molar-refractivity contribution in [2.45, 2.75) is 6.54 Å². The van der Waals surface area contributed by atoms with Gasteiger partial charge in [-0.15, -0.1) is 0 Å². The molecule has 0 unspecified atom stereocenters. The van der Waals surface area contributed by atoms with Crippen molar-refractivity contribution < 1.29 is 14.3 Å². The molecule has 2 aromatic carbocycles. The summed E-state index contributed by atoms with van der Waals surface area (Å²) in [4.78, 5) is 13.7. The Morgan fingerprint density at radius 3 is 2.65 bits per heavy atom. The van der Waals surface area contributed by atoms with Crippen LogP contribution in [0, 0.1) is 5.82 Å². The highest BCUT2D eigenvalue weighted by atomic mass is 79.9. The first-order chi connectivity index (χ1) is 9.49. The van der Waals surface area contributed by atoms with Gasteiger partial charge in [0.15, 0.2) is 0 Å². The SMILES string of the molecule is CN(Cc1ccccc1O)C(=O)c1ccc(F)c(Br)c1. The standard InChI is InChI=1S/C15H13BrFNO2/c1-18(9-11-4-2-3-5-14(11)19)15(20)10-6-7-13(17)12(16)8-10/h2-8,19H,9H2,1H3. The van der Waals surface area contributed by atoms with Gasteiger partial charge in [-0.05, 0) is 40.2 Å². The zero-order chi connectivity index (χ0) is 14.7. The molecule has 2 rings (SSSR count). The molecule has 0 fully saturated rings. The van der Waals surface area contributed by atoms with Gasteiger partial charge in [-0.1, -0.05) is 18.2 Å². The third kappa shape index (κ3) is 3.17. The van der Waals surface area contributed by atoms with Gasteiger partial charge < -0.3 is 10.0 Å². The van der Waals surface area contributed by atoms with Crippen LogP contribution in [-0.4, -0.2) is 23.0 Å². The van der Waals surface area contributed by atoms with E-state index < -0.39 is 5.82 Å². The highest BCUT2D eigenvalue weighted by Crippen LogP contribution is 2.20. The van der Waals surface area contributed by atoms with Crippen molar-refractivity contribution in [2.24, 2.45) is 0 Å². The number of para-hydroxylation sites is 1. The smallest absolute Gasteiger partial charge is 0.253 e.